The van der Waals surface area contributed by atoms with Gasteiger partial charge in [0.1, 0.15) is 0 Å². The van der Waals surface area contributed by atoms with Gasteiger partial charge in [-0.25, -0.2) is 0 Å². The third-order valence-corrected chi connectivity index (χ3v) is 4.11. The average Bonchev–Trinajstić information content (AvgIpc) is 2.72. The van der Waals surface area contributed by atoms with Gasteiger partial charge in [-0.15, -0.1) is 0 Å². The Morgan fingerprint density at radius 3 is 2.14 bits per heavy atom. The molecule has 0 aliphatic heterocycles. The Morgan fingerprint density at radius 1 is 1.04 bits per heavy atom. The molecule has 0 bridgehead atoms. The van der Waals surface area contributed by atoms with Gasteiger partial charge in [-0.2, -0.15) is 0 Å². The SMILES string of the molecule is CCCCN(C(=O)c1cc(OC)c(OCC(N)=O)c(OC)c1)c1ccccc1. The summed E-state index contributed by atoms with van der Waals surface area (Å²) in [4.78, 5) is 26.0. The van der Waals surface area contributed by atoms with E-state index in [0.717, 1.165) is 18.5 Å². The van der Waals surface area contributed by atoms with Gasteiger partial charge in [-0.05, 0) is 30.7 Å². The molecule has 0 unspecified atom stereocenters. The van der Waals surface area contributed by atoms with Gasteiger partial charge in [0, 0.05) is 17.8 Å². The highest BCUT2D eigenvalue weighted by Crippen LogP contribution is 2.39. The number of benzene rings is 2. The first-order valence-electron chi connectivity index (χ1n) is 9.05. The Balaban J connectivity index is 2.43. The number of anilines is 1. The van der Waals surface area contributed by atoms with Crippen LogP contribution < -0.4 is 24.8 Å². The molecule has 0 atom stereocenters. The molecule has 0 fully saturated rings. The van der Waals surface area contributed by atoms with E-state index in [1.165, 1.54) is 14.2 Å². The molecule has 0 saturated carbocycles. The van der Waals surface area contributed by atoms with E-state index in [2.05, 4.69) is 6.92 Å². The van der Waals surface area contributed by atoms with Gasteiger partial charge in [0.05, 0.1) is 14.2 Å². The van der Waals surface area contributed by atoms with Crippen LogP contribution in [0.3, 0.4) is 0 Å². The van der Waals surface area contributed by atoms with E-state index in [4.69, 9.17) is 19.9 Å². The van der Waals surface area contributed by atoms with E-state index >= 15 is 0 Å². The Labute approximate surface area is 165 Å². The second kappa shape index (κ2) is 10.2. The summed E-state index contributed by atoms with van der Waals surface area (Å²) in [5.41, 5.74) is 6.35. The second-order valence-electron chi connectivity index (χ2n) is 6.11. The van der Waals surface area contributed by atoms with Crippen molar-refractivity contribution in [1.29, 1.82) is 0 Å². The number of hydrogen-bond donors (Lipinski definition) is 1. The Hall–Kier alpha value is -3.22. The summed E-state index contributed by atoms with van der Waals surface area (Å²) in [6.45, 7) is 2.33. The Morgan fingerprint density at radius 2 is 1.64 bits per heavy atom. The third kappa shape index (κ3) is 5.16. The van der Waals surface area contributed by atoms with Crippen LogP contribution in [0.25, 0.3) is 0 Å². The second-order valence-corrected chi connectivity index (χ2v) is 6.11. The number of carbonyl (C=O) groups excluding carboxylic acids is 2. The van der Waals surface area contributed by atoms with Crippen LogP contribution in [-0.2, 0) is 4.79 Å². The standard InChI is InChI=1S/C21H26N2O5/c1-4-5-11-23(16-9-7-6-8-10-16)21(25)15-12-17(26-2)20(18(13-15)27-3)28-14-19(22)24/h6-10,12-13H,4-5,11,14H2,1-3H3,(H2,22,24). The van der Waals surface area contributed by atoms with E-state index in [0.29, 0.717) is 12.1 Å². The fourth-order valence-electron chi connectivity index (χ4n) is 2.72. The number of amides is 2. The molecule has 0 aliphatic rings. The van der Waals surface area contributed by atoms with Crippen molar-refractivity contribution in [3.05, 3.63) is 48.0 Å². The molecule has 0 aromatic heterocycles. The first kappa shape index (κ1) is 21.1. The Bertz CT molecular complexity index is 783. The molecule has 2 N–H and O–H groups in total. The van der Waals surface area contributed by atoms with Gasteiger partial charge in [0.2, 0.25) is 5.75 Å². The molecule has 7 heteroatoms. The van der Waals surface area contributed by atoms with E-state index in [9.17, 15) is 9.59 Å². The van der Waals surface area contributed by atoms with Gasteiger partial charge in [-0.1, -0.05) is 31.5 Å². The van der Waals surface area contributed by atoms with Crippen LogP contribution in [0.1, 0.15) is 30.1 Å². The minimum Gasteiger partial charge on any atom is -0.493 e. The summed E-state index contributed by atoms with van der Waals surface area (Å²) in [6, 6.07) is 12.6. The number of hydrogen-bond acceptors (Lipinski definition) is 5. The lowest BCUT2D eigenvalue weighted by molar-refractivity contribution is -0.120. The van der Waals surface area contributed by atoms with Gasteiger partial charge in [0.25, 0.3) is 11.8 Å². The third-order valence-electron chi connectivity index (χ3n) is 4.11. The predicted molar refractivity (Wildman–Crippen MR) is 107 cm³/mol. The fraction of sp³-hybridized carbons (Fsp3) is 0.333. The number of carbonyl (C=O) groups is 2. The number of nitrogens with zero attached hydrogens (tertiary/aromatic N) is 1. The van der Waals surface area contributed by atoms with Gasteiger partial charge < -0.3 is 24.8 Å². The summed E-state index contributed by atoms with van der Waals surface area (Å²) in [5.74, 6) is -0.0168. The molecule has 2 amide bonds. The maximum atomic E-state index is 13.3. The van der Waals surface area contributed by atoms with Gasteiger partial charge >= 0.3 is 0 Å². The number of methoxy groups -OCH3 is 2. The van der Waals surface area contributed by atoms with E-state index < -0.39 is 5.91 Å². The summed E-state index contributed by atoms with van der Waals surface area (Å²) >= 11 is 0. The zero-order valence-electron chi connectivity index (χ0n) is 16.4. The van der Waals surface area contributed by atoms with Gasteiger partial charge in [0.15, 0.2) is 18.1 Å². The predicted octanol–water partition coefficient (Wildman–Crippen LogP) is 3.01. The molecular formula is C21H26N2O5. The minimum absolute atomic E-state index is 0.183. The maximum absolute atomic E-state index is 13.3. The maximum Gasteiger partial charge on any atom is 0.258 e. The molecular weight excluding hydrogens is 360 g/mol. The molecule has 28 heavy (non-hydrogen) atoms. The van der Waals surface area contributed by atoms with Crippen molar-refractivity contribution in [1.82, 2.24) is 0 Å². The molecule has 2 aromatic carbocycles. The molecule has 0 spiro atoms. The summed E-state index contributed by atoms with van der Waals surface area (Å²) in [6.07, 6.45) is 1.83. The quantitative estimate of drug-likeness (QED) is 0.678. The highest BCUT2D eigenvalue weighted by molar-refractivity contribution is 6.06. The minimum atomic E-state index is -0.626. The lowest BCUT2D eigenvalue weighted by Gasteiger charge is -2.24. The summed E-state index contributed by atoms with van der Waals surface area (Å²) in [5, 5.41) is 0. The molecule has 2 rings (SSSR count). The van der Waals surface area contributed by atoms with Crippen LogP contribution in [0.4, 0.5) is 5.69 Å². The van der Waals surface area contributed by atoms with Crippen LogP contribution in [0.5, 0.6) is 17.2 Å². The summed E-state index contributed by atoms with van der Waals surface area (Å²) < 4.78 is 16.1. The molecule has 7 nitrogen and oxygen atoms in total. The van der Waals surface area contributed by atoms with Gasteiger partial charge in [-0.3, -0.25) is 9.59 Å². The molecule has 0 aliphatic carbocycles. The fourth-order valence-corrected chi connectivity index (χ4v) is 2.72. The average molecular weight is 386 g/mol. The van der Waals surface area contributed by atoms with E-state index in [-0.39, 0.29) is 29.8 Å². The molecule has 0 saturated heterocycles. The number of para-hydroxylation sites is 1. The van der Waals surface area contributed by atoms with Crippen molar-refractivity contribution < 1.29 is 23.8 Å². The molecule has 2 aromatic rings. The van der Waals surface area contributed by atoms with Crippen molar-refractivity contribution in [2.45, 2.75) is 19.8 Å². The number of nitrogens with two attached hydrogens (primary N) is 1. The zero-order valence-corrected chi connectivity index (χ0v) is 16.4. The van der Waals surface area contributed by atoms with Crippen LogP contribution in [-0.4, -0.2) is 39.2 Å². The monoisotopic (exact) mass is 386 g/mol. The lowest BCUT2D eigenvalue weighted by Crippen LogP contribution is -2.32. The van der Waals surface area contributed by atoms with Crippen molar-refractivity contribution in [3.63, 3.8) is 0 Å². The van der Waals surface area contributed by atoms with Crippen LogP contribution in [0, 0.1) is 0 Å². The van der Waals surface area contributed by atoms with Crippen molar-refractivity contribution in [2.24, 2.45) is 5.73 Å². The van der Waals surface area contributed by atoms with Crippen LogP contribution >= 0.6 is 0 Å². The first-order valence-corrected chi connectivity index (χ1v) is 9.05. The van der Waals surface area contributed by atoms with Crippen molar-refractivity contribution in [2.75, 3.05) is 32.3 Å². The summed E-state index contributed by atoms with van der Waals surface area (Å²) in [7, 11) is 2.90. The zero-order chi connectivity index (χ0) is 20.5. The molecule has 0 heterocycles. The van der Waals surface area contributed by atoms with Crippen LogP contribution in [0.2, 0.25) is 0 Å². The first-order chi connectivity index (χ1) is 13.5. The number of ether oxygens (including phenoxy) is 3. The van der Waals surface area contributed by atoms with E-state index in [1.54, 1.807) is 17.0 Å². The number of unbranched alkanes of at least 4 members (excludes halogenated alkanes) is 1. The molecule has 150 valence electrons. The lowest BCUT2D eigenvalue weighted by atomic mass is 10.1. The smallest absolute Gasteiger partial charge is 0.258 e. The normalized spacial score (nSPS) is 10.2. The number of rotatable bonds is 10. The van der Waals surface area contributed by atoms with Crippen molar-refractivity contribution in [3.8, 4) is 17.2 Å². The molecule has 0 radical (unpaired) electrons. The number of primary amides is 1. The van der Waals surface area contributed by atoms with Crippen LogP contribution in [0.15, 0.2) is 42.5 Å². The topological polar surface area (TPSA) is 91.1 Å². The Kier molecular flexibility index (Phi) is 7.68. The van der Waals surface area contributed by atoms with E-state index in [1.807, 2.05) is 30.3 Å². The highest BCUT2D eigenvalue weighted by Gasteiger charge is 2.22. The largest absolute Gasteiger partial charge is 0.493 e. The highest BCUT2D eigenvalue weighted by atomic mass is 16.5. The van der Waals surface area contributed by atoms with Crippen molar-refractivity contribution >= 4 is 17.5 Å².